The number of benzene rings is 2. The average Bonchev–Trinajstić information content (AvgIpc) is 3.26. The summed E-state index contributed by atoms with van der Waals surface area (Å²) < 4.78 is 4.31. The SMILES string of the molecule is O=C1NCCn2c(-c3ccc(Cn4cccc4)cc3)nc3cccc1c32. The number of hydrogen-bond acceptors (Lipinski definition) is 2. The Balaban J connectivity index is 1.57. The number of nitrogens with zero attached hydrogens (tertiary/aromatic N) is 3. The second-order valence-corrected chi connectivity index (χ2v) is 6.57. The highest BCUT2D eigenvalue weighted by Crippen LogP contribution is 2.28. The molecule has 128 valence electrons. The second-order valence-electron chi connectivity index (χ2n) is 6.57. The van der Waals surface area contributed by atoms with E-state index in [-0.39, 0.29) is 5.91 Å². The normalized spacial score (nSPS) is 13.6. The first-order valence-electron chi connectivity index (χ1n) is 8.77. The van der Waals surface area contributed by atoms with E-state index in [1.54, 1.807) is 0 Å². The Morgan fingerprint density at radius 3 is 2.62 bits per heavy atom. The summed E-state index contributed by atoms with van der Waals surface area (Å²) in [7, 11) is 0. The van der Waals surface area contributed by atoms with Crippen LogP contribution in [0.4, 0.5) is 0 Å². The van der Waals surface area contributed by atoms with Gasteiger partial charge in [-0.15, -0.1) is 0 Å². The first-order valence-corrected chi connectivity index (χ1v) is 8.77. The van der Waals surface area contributed by atoms with Crippen molar-refractivity contribution in [1.29, 1.82) is 0 Å². The molecule has 4 aromatic rings. The highest BCUT2D eigenvalue weighted by molar-refractivity contribution is 6.06. The molecule has 1 N–H and O–H groups in total. The fraction of sp³-hybridized carbons (Fsp3) is 0.143. The standard InChI is InChI=1S/C21H18N4O/c26-21-17-4-3-5-18-19(17)25(13-10-22-21)20(23-18)16-8-6-15(7-9-16)14-24-11-1-2-12-24/h1-9,11-12H,10,13-14H2,(H,22,26). The number of amides is 1. The lowest BCUT2D eigenvalue weighted by Gasteiger charge is -2.08. The van der Waals surface area contributed by atoms with Crippen LogP contribution < -0.4 is 5.32 Å². The van der Waals surface area contributed by atoms with Crippen LogP contribution in [0.1, 0.15) is 15.9 Å². The van der Waals surface area contributed by atoms with Gasteiger partial charge in [0, 0.05) is 37.6 Å². The van der Waals surface area contributed by atoms with Crippen molar-refractivity contribution in [1.82, 2.24) is 19.4 Å². The van der Waals surface area contributed by atoms with Gasteiger partial charge in [0.15, 0.2) is 0 Å². The van der Waals surface area contributed by atoms with Gasteiger partial charge in [0.1, 0.15) is 5.82 Å². The Labute approximate surface area is 150 Å². The lowest BCUT2D eigenvalue weighted by Crippen LogP contribution is -2.24. The molecule has 0 atom stereocenters. The third-order valence-electron chi connectivity index (χ3n) is 4.88. The van der Waals surface area contributed by atoms with Crippen molar-refractivity contribution >= 4 is 16.9 Å². The zero-order chi connectivity index (χ0) is 17.5. The molecule has 5 heteroatoms. The summed E-state index contributed by atoms with van der Waals surface area (Å²) in [5, 5.41) is 2.96. The Hall–Kier alpha value is -3.34. The van der Waals surface area contributed by atoms with Crippen LogP contribution in [-0.2, 0) is 13.1 Å². The molecule has 5 nitrogen and oxygen atoms in total. The first kappa shape index (κ1) is 15.0. The summed E-state index contributed by atoms with van der Waals surface area (Å²) in [6, 6.07) is 18.3. The molecule has 26 heavy (non-hydrogen) atoms. The molecule has 3 heterocycles. The van der Waals surface area contributed by atoms with Gasteiger partial charge in [0.25, 0.3) is 5.91 Å². The number of carbonyl (C=O) groups excluding carboxylic acids is 1. The van der Waals surface area contributed by atoms with Crippen LogP contribution in [0, 0.1) is 0 Å². The minimum absolute atomic E-state index is 0.0251. The molecule has 5 rings (SSSR count). The fourth-order valence-electron chi connectivity index (χ4n) is 3.63. The molecule has 0 saturated carbocycles. The van der Waals surface area contributed by atoms with Crippen molar-refractivity contribution < 1.29 is 4.79 Å². The van der Waals surface area contributed by atoms with Gasteiger partial charge in [-0.3, -0.25) is 4.79 Å². The number of rotatable bonds is 3. The third-order valence-corrected chi connectivity index (χ3v) is 4.88. The molecular formula is C21H18N4O. The topological polar surface area (TPSA) is 51.9 Å². The molecular weight excluding hydrogens is 324 g/mol. The van der Waals surface area contributed by atoms with Crippen LogP contribution in [0.3, 0.4) is 0 Å². The van der Waals surface area contributed by atoms with E-state index >= 15 is 0 Å². The number of imidazole rings is 1. The second kappa shape index (κ2) is 5.88. The number of para-hydroxylation sites is 1. The molecule has 0 saturated heterocycles. The van der Waals surface area contributed by atoms with E-state index in [9.17, 15) is 4.79 Å². The molecule has 0 radical (unpaired) electrons. The summed E-state index contributed by atoms with van der Waals surface area (Å²) in [6.07, 6.45) is 4.13. The van der Waals surface area contributed by atoms with Crippen molar-refractivity contribution in [3.8, 4) is 11.4 Å². The average molecular weight is 342 g/mol. The van der Waals surface area contributed by atoms with E-state index in [4.69, 9.17) is 4.98 Å². The molecule has 0 aliphatic carbocycles. The summed E-state index contributed by atoms with van der Waals surface area (Å²) in [4.78, 5) is 17.1. The fourth-order valence-corrected chi connectivity index (χ4v) is 3.63. The van der Waals surface area contributed by atoms with Gasteiger partial charge in [0.05, 0.1) is 16.6 Å². The van der Waals surface area contributed by atoms with Crippen LogP contribution in [0.2, 0.25) is 0 Å². The van der Waals surface area contributed by atoms with E-state index in [0.717, 1.165) is 35.5 Å². The monoisotopic (exact) mass is 342 g/mol. The van der Waals surface area contributed by atoms with Crippen molar-refractivity contribution in [2.75, 3.05) is 6.54 Å². The van der Waals surface area contributed by atoms with E-state index in [2.05, 4.69) is 51.1 Å². The summed E-state index contributed by atoms with van der Waals surface area (Å²) in [6.45, 7) is 2.18. The lowest BCUT2D eigenvalue weighted by atomic mass is 10.1. The van der Waals surface area contributed by atoms with Gasteiger partial charge in [-0.2, -0.15) is 0 Å². The van der Waals surface area contributed by atoms with Crippen LogP contribution in [0.15, 0.2) is 67.0 Å². The molecule has 1 aliphatic heterocycles. The quantitative estimate of drug-likeness (QED) is 0.621. The molecule has 2 aromatic carbocycles. The molecule has 0 unspecified atom stereocenters. The Morgan fingerprint density at radius 1 is 1.00 bits per heavy atom. The number of aromatic nitrogens is 3. The minimum atomic E-state index is -0.0251. The molecule has 0 bridgehead atoms. The van der Waals surface area contributed by atoms with Gasteiger partial charge >= 0.3 is 0 Å². The van der Waals surface area contributed by atoms with Crippen molar-refractivity contribution in [3.05, 3.63) is 78.1 Å². The van der Waals surface area contributed by atoms with Crippen molar-refractivity contribution in [3.63, 3.8) is 0 Å². The number of carbonyl (C=O) groups is 1. The minimum Gasteiger partial charge on any atom is -0.350 e. The zero-order valence-electron chi connectivity index (χ0n) is 14.2. The maximum atomic E-state index is 12.3. The predicted octanol–water partition coefficient (Wildman–Crippen LogP) is 3.30. The van der Waals surface area contributed by atoms with Gasteiger partial charge in [0.2, 0.25) is 0 Å². The van der Waals surface area contributed by atoms with E-state index in [1.165, 1.54) is 5.56 Å². The molecule has 1 aliphatic rings. The number of nitrogens with one attached hydrogen (secondary N) is 1. The van der Waals surface area contributed by atoms with E-state index in [0.29, 0.717) is 12.1 Å². The molecule has 2 aromatic heterocycles. The molecule has 1 amide bonds. The van der Waals surface area contributed by atoms with E-state index in [1.807, 2.05) is 30.3 Å². The molecule has 0 spiro atoms. The number of hydrogen-bond donors (Lipinski definition) is 1. The van der Waals surface area contributed by atoms with Crippen molar-refractivity contribution in [2.45, 2.75) is 13.1 Å². The van der Waals surface area contributed by atoms with Gasteiger partial charge in [-0.1, -0.05) is 30.3 Å². The van der Waals surface area contributed by atoms with Gasteiger partial charge < -0.3 is 14.5 Å². The predicted molar refractivity (Wildman–Crippen MR) is 101 cm³/mol. The highest BCUT2D eigenvalue weighted by atomic mass is 16.1. The van der Waals surface area contributed by atoms with Crippen LogP contribution >= 0.6 is 0 Å². The zero-order valence-corrected chi connectivity index (χ0v) is 14.2. The smallest absolute Gasteiger partial charge is 0.253 e. The summed E-state index contributed by atoms with van der Waals surface area (Å²) in [5.74, 6) is 0.888. The Bertz CT molecular complexity index is 1090. The summed E-state index contributed by atoms with van der Waals surface area (Å²) in [5.41, 5.74) is 4.80. The highest BCUT2D eigenvalue weighted by Gasteiger charge is 2.21. The first-order chi connectivity index (χ1) is 12.8. The van der Waals surface area contributed by atoms with Gasteiger partial charge in [-0.25, -0.2) is 4.98 Å². The van der Waals surface area contributed by atoms with Crippen molar-refractivity contribution in [2.24, 2.45) is 0 Å². The largest absolute Gasteiger partial charge is 0.350 e. The maximum Gasteiger partial charge on any atom is 0.253 e. The third kappa shape index (κ3) is 2.40. The van der Waals surface area contributed by atoms with Crippen LogP contribution in [0.25, 0.3) is 22.4 Å². The lowest BCUT2D eigenvalue weighted by molar-refractivity contribution is 0.0956. The van der Waals surface area contributed by atoms with Gasteiger partial charge in [-0.05, 0) is 29.8 Å². The van der Waals surface area contributed by atoms with E-state index < -0.39 is 0 Å². The molecule has 0 fully saturated rings. The van der Waals surface area contributed by atoms with Crippen LogP contribution in [0.5, 0.6) is 0 Å². The van der Waals surface area contributed by atoms with Crippen LogP contribution in [-0.4, -0.2) is 26.6 Å². The Morgan fingerprint density at radius 2 is 1.81 bits per heavy atom. The maximum absolute atomic E-state index is 12.3. The summed E-state index contributed by atoms with van der Waals surface area (Å²) >= 11 is 0. The Kier molecular flexibility index (Phi) is 3.38.